The van der Waals surface area contributed by atoms with E-state index < -0.39 is 23.8 Å². The lowest BCUT2D eigenvalue weighted by Crippen LogP contribution is -2.57. The van der Waals surface area contributed by atoms with Crippen molar-refractivity contribution in [2.24, 2.45) is 0 Å². The molecule has 1 fully saturated rings. The number of carbonyl (C=O) groups excluding carboxylic acids is 2. The fraction of sp³-hybridized carbons (Fsp3) is 0.500. The molecule has 2 aromatic carbocycles. The molecule has 0 saturated carbocycles. The third-order valence-electron chi connectivity index (χ3n) is 6.49. The Kier molecular flexibility index (Phi) is 7.95. The molecule has 4 rings (SSSR count). The van der Waals surface area contributed by atoms with Crippen molar-refractivity contribution in [3.63, 3.8) is 0 Å². The van der Waals surface area contributed by atoms with Gasteiger partial charge in [0.2, 0.25) is 0 Å². The SMILES string of the molecule is CCO[C@H]1CO[C@@H](C(=O)N2CCc3ccccc3[C@@H]2c2ccc(F)cc2)C[C@@H]1NC(=O)OC(C)(C)C. The van der Waals surface area contributed by atoms with E-state index in [9.17, 15) is 14.0 Å². The zero-order chi connectivity index (χ0) is 25.9. The van der Waals surface area contributed by atoms with Crippen LogP contribution in [0.5, 0.6) is 0 Å². The number of benzene rings is 2. The summed E-state index contributed by atoms with van der Waals surface area (Å²) in [5, 5.41) is 2.88. The van der Waals surface area contributed by atoms with Gasteiger partial charge in [-0.25, -0.2) is 9.18 Å². The van der Waals surface area contributed by atoms with Crippen LogP contribution in [0.25, 0.3) is 0 Å². The normalized spacial score (nSPS) is 24.1. The average molecular weight is 499 g/mol. The molecule has 2 aromatic rings. The van der Waals surface area contributed by atoms with Crippen LogP contribution in [0.2, 0.25) is 0 Å². The Balaban J connectivity index is 1.57. The monoisotopic (exact) mass is 498 g/mol. The summed E-state index contributed by atoms with van der Waals surface area (Å²) in [4.78, 5) is 28.2. The Morgan fingerprint density at radius 3 is 2.56 bits per heavy atom. The summed E-state index contributed by atoms with van der Waals surface area (Å²) in [6.07, 6.45) is -0.720. The van der Waals surface area contributed by atoms with Gasteiger partial charge >= 0.3 is 6.09 Å². The molecule has 2 aliphatic heterocycles. The average Bonchev–Trinajstić information content (AvgIpc) is 2.83. The molecule has 1 N–H and O–H groups in total. The molecular weight excluding hydrogens is 463 g/mol. The molecule has 36 heavy (non-hydrogen) atoms. The molecule has 1 saturated heterocycles. The minimum Gasteiger partial charge on any atom is -0.444 e. The quantitative estimate of drug-likeness (QED) is 0.662. The van der Waals surface area contributed by atoms with E-state index in [0.717, 1.165) is 11.1 Å². The zero-order valence-electron chi connectivity index (χ0n) is 21.3. The van der Waals surface area contributed by atoms with Crippen LogP contribution in [0.4, 0.5) is 9.18 Å². The second-order valence-electron chi connectivity index (χ2n) is 10.2. The molecular formula is C28H35FN2O5. The van der Waals surface area contributed by atoms with Crippen LogP contribution in [0.1, 0.15) is 56.8 Å². The van der Waals surface area contributed by atoms with E-state index in [1.165, 1.54) is 17.7 Å². The summed E-state index contributed by atoms with van der Waals surface area (Å²) < 4.78 is 30.9. The number of fused-ring (bicyclic) bond motifs is 1. The number of carbonyl (C=O) groups is 2. The first-order valence-corrected chi connectivity index (χ1v) is 12.5. The summed E-state index contributed by atoms with van der Waals surface area (Å²) in [5.74, 6) is -0.487. The van der Waals surface area contributed by atoms with Crippen molar-refractivity contribution in [2.45, 2.75) is 70.4 Å². The van der Waals surface area contributed by atoms with Crippen LogP contribution >= 0.6 is 0 Å². The minimum atomic E-state index is -0.755. The van der Waals surface area contributed by atoms with Gasteiger partial charge in [0.25, 0.3) is 5.91 Å². The number of amides is 2. The minimum absolute atomic E-state index is 0.162. The van der Waals surface area contributed by atoms with E-state index in [1.54, 1.807) is 32.9 Å². The van der Waals surface area contributed by atoms with Crippen LogP contribution in [0.15, 0.2) is 48.5 Å². The van der Waals surface area contributed by atoms with Crippen molar-refractivity contribution in [3.05, 3.63) is 71.0 Å². The predicted octanol–water partition coefficient (Wildman–Crippen LogP) is 4.39. The predicted molar refractivity (Wildman–Crippen MR) is 133 cm³/mol. The van der Waals surface area contributed by atoms with E-state index in [2.05, 4.69) is 11.4 Å². The van der Waals surface area contributed by atoms with Gasteiger partial charge in [0.15, 0.2) is 0 Å². The second-order valence-corrected chi connectivity index (χ2v) is 10.2. The lowest BCUT2D eigenvalue weighted by atomic mass is 9.87. The van der Waals surface area contributed by atoms with Gasteiger partial charge < -0.3 is 24.4 Å². The third-order valence-corrected chi connectivity index (χ3v) is 6.49. The molecule has 7 nitrogen and oxygen atoms in total. The summed E-state index contributed by atoms with van der Waals surface area (Å²) in [5.41, 5.74) is 2.38. The largest absolute Gasteiger partial charge is 0.444 e. The van der Waals surface area contributed by atoms with Gasteiger partial charge in [-0.2, -0.15) is 0 Å². The molecule has 2 heterocycles. The first-order chi connectivity index (χ1) is 17.2. The number of hydrogen-bond acceptors (Lipinski definition) is 5. The highest BCUT2D eigenvalue weighted by atomic mass is 19.1. The molecule has 0 radical (unpaired) electrons. The maximum absolute atomic E-state index is 13.9. The molecule has 8 heteroatoms. The molecule has 4 atom stereocenters. The number of ether oxygens (including phenoxy) is 3. The number of rotatable bonds is 5. The van der Waals surface area contributed by atoms with Crippen LogP contribution in [0, 0.1) is 5.82 Å². The van der Waals surface area contributed by atoms with Crippen LogP contribution in [-0.2, 0) is 25.4 Å². The zero-order valence-corrected chi connectivity index (χ0v) is 21.3. The van der Waals surface area contributed by atoms with E-state index in [-0.39, 0.29) is 36.9 Å². The van der Waals surface area contributed by atoms with Gasteiger partial charge in [0, 0.05) is 19.6 Å². The summed E-state index contributed by atoms with van der Waals surface area (Å²) in [6.45, 7) is 8.41. The number of hydrogen-bond donors (Lipinski definition) is 1. The van der Waals surface area contributed by atoms with Crippen LogP contribution in [-0.4, -0.2) is 60.5 Å². The van der Waals surface area contributed by atoms with Crippen molar-refractivity contribution >= 4 is 12.0 Å². The number of nitrogens with zero attached hydrogens (tertiary/aromatic N) is 1. The molecule has 0 aliphatic carbocycles. The smallest absolute Gasteiger partial charge is 0.407 e. The van der Waals surface area contributed by atoms with E-state index >= 15 is 0 Å². The van der Waals surface area contributed by atoms with E-state index in [4.69, 9.17) is 14.2 Å². The first-order valence-electron chi connectivity index (χ1n) is 12.5. The second kappa shape index (κ2) is 11.0. The molecule has 2 amide bonds. The Labute approximate surface area is 211 Å². The van der Waals surface area contributed by atoms with E-state index in [1.807, 2.05) is 30.0 Å². The molecule has 0 unspecified atom stereocenters. The van der Waals surface area contributed by atoms with Crippen LogP contribution < -0.4 is 5.32 Å². The fourth-order valence-electron chi connectivity index (χ4n) is 4.93. The van der Waals surface area contributed by atoms with Gasteiger partial charge in [0.1, 0.15) is 23.6 Å². The Morgan fingerprint density at radius 1 is 1.14 bits per heavy atom. The lowest BCUT2D eigenvalue weighted by molar-refractivity contribution is -0.158. The van der Waals surface area contributed by atoms with E-state index in [0.29, 0.717) is 19.6 Å². The molecule has 0 bridgehead atoms. The molecule has 0 spiro atoms. The van der Waals surface area contributed by atoms with Gasteiger partial charge in [-0.05, 0) is 62.9 Å². The highest BCUT2D eigenvalue weighted by molar-refractivity contribution is 5.82. The highest BCUT2D eigenvalue weighted by Gasteiger charge is 2.41. The van der Waals surface area contributed by atoms with Crippen molar-refractivity contribution in [2.75, 3.05) is 19.8 Å². The Morgan fingerprint density at radius 2 is 1.86 bits per heavy atom. The lowest BCUT2D eigenvalue weighted by Gasteiger charge is -2.42. The Bertz CT molecular complexity index is 1070. The highest BCUT2D eigenvalue weighted by Crippen LogP contribution is 2.36. The maximum atomic E-state index is 13.9. The molecule has 2 aliphatic rings. The maximum Gasteiger partial charge on any atom is 0.407 e. The number of halogens is 1. The van der Waals surface area contributed by atoms with Gasteiger partial charge in [-0.15, -0.1) is 0 Å². The van der Waals surface area contributed by atoms with Crippen molar-refractivity contribution < 1.29 is 28.2 Å². The van der Waals surface area contributed by atoms with Gasteiger partial charge in [-0.3, -0.25) is 4.79 Å². The number of nitrogens with one attached hydrogen (secondary N) is 1. The van der Waals surface area contributed by atoms with Gasteiger partial charge in [0.05, 0.1) is 18.7 Å². The van der Waals surface area contributed by atoms with Gasteiger partial charge in [-0.1, -0.05) is 36.4 Å². The third kappa shape index (κ3) is 6.05. The fourth-order valence-corrected chi connectivity index (χ4v) is 4.93. The van der Waals surface area contributed by atoms with Crippen molar-refractivity contribution in [3.8, 4) is 0 Å². The standard InChI is InChI=1S/C28H35FN2O5/c1-5-34-24-17-35-23(16-22(24)30-27(33)36-28(2,3)4)26(32)31-15-14-18-8-6-7-9-21(18)25(31)19-10-12-20(29)13-11-19/h6-13,22-25H,5,14-17H2,1-4H3,(H,30,33)/t22-,23+,24-,25-/m0/s1. The van der Waals surface area contributed by atoms with Crippen LogP contribution in [0.3, 0.4) is 0 Å². The van der Waals surface area contributed by atoms with Crippen molar-refractivity contribution in [1.82, 2.24) is 10.2 Å². The van der Waals surface area contributed by atoms with Crippen molar-refractivity contribution in [1.29, 1.82) is 0 Å². The summed E-state index contributed by atoms with van der Waals surface area (Å²) >= 11 is 0. The summed E-state index contributed by atoms with van der Waals surface area (Å²) in [7, 11) is 0. The molecule has 0 aromatic heterocycles. The molecule has 194 valence electrons. The summed E-state index contributed by atoms with van der Waals surface area (Å²) in [6, 6.07) is 13.5. The topological polar surface area (TPSA) is 77.1 Å². The Hall–Kier alpha value is -2.97. The first kappa shape index (κ1) is 26.1. The number of alkyl carbamates (subject to hydrolysis) is 1.